The molecule has 6 nitrogen and oxygen atoms in total. The van der Waals surface area contributed by atoms with Crippen LogP contribution in [-0.2, 0) is 9.84 Å². The number of carbonyl (C=O) groups excluding carboxylic acids is 1. The van der Waals surface area contributed by atoms with Gasteiger partial charge < -0.3 is 5.32 Å². The van der Waals surface area contributed by atoms with Crippen molar-refractivity contribution in [2.75, 3.05) is 13.3 Å². The summed E-state index contributed by atoms with van der Waals surface area (Å²) in [5, 5.41) is 7.63. The first-order valence-electron chi connectivity index (χ1n) is 10.3. The number of nitrogens with zero attached hydrogens (tertiary/aromatic N) is 2. The van der Waals surface area contributed by atoms with Crippen LogP contribution in [0, 0.1) is 6.92 Å². The van der Waals surface area contributed by atoms with E-state index >= 15 is 0 Å². The molecule has 1 fully saturated rings. The normalized spacial score (nSPS) is 15.3. The maximum absolute atomic E-state index is 12.8. The predicted molar refractivity (Wildman–Crippen MR) is 119 cm³/mol. The molecular formula is C23H27N3O3S. The maximum atomic E-state index is 12.8. The minimum atomic E-state index is -3.26. The molecule has 4 rings (SSSR count). The van der Waals surface area contributed by atoms with Gasteiger partial charge in [-0.2, -0.15) is 5.10 Å². The number of aromatic nitrogens is 2. The number of amides is 1. The van der Waals surface area contributed by atoms with Crippen molar-refractivity contribution < 1.29 is 13.2 Å². The van der Waals surface area contributed by atoms with Crippen LogP contribution in [0.4, 0.5) is 0 Å². The van der Waals surface area contributed by atoms with Crippen molar-refractivity contribution in [1.82, 2.24) is 15.1 Å². The van der Waals surface area contributed by atoms with E-state index in [1.165, 1.54) is 6.26 Å². The molecular weight excluding hydrogens is 398 g/mol. The smallest absolute Gasteiger partial charge is 0.270 e. The van der Waals surface area contributed by atoms with Gasteiger partial charge in [0, 0.05) is 18.7 Å². The van der Waals surface area contributed by atoms with E-state index in [9.17, 15) is 13.2 Å². The molecule has 30 heavy (non-hydrogen) atoms. The van der Waals surface area contributed by atoms with E-state index in [-0.39, 0.29) is 5.91 Å². The van der Waals surface area contributed by atoms with Gasteiger partial charge in [-0.1, -0.05) is 24.6 Å². The van der Waals surface area contributed by atoms with E-state index in [0.717, 1.165) is 40.6 Å². The third-order valence-electron chi connectivity index (χ3n) is 5.85. The Labute approximate surface area is 177 Å². The molecule has 0 radical (unpaired) electrons. The minimum absolute atomic E-state index is 0.220. The molecule has 1 N–H and O–H groups in total. The van der Waals surface area contributed by atoms with Gasteiger partial charge in [-0.3, -0.25) is 4.79 Å². The zero-order valence-corrected chi connectivity index (χ0v) is 18.6. The van der Waals surface area contributed by atoms with Gasteiger partial charge in [0.25, 0.3) is 5.91 Å². The maximum Gasteiger partial charge on any atom is 0.270 e. The number of benzene rings is 2. The molecule has 1 aliphatic rings. The van der Waals surface area contributed by atoms with E-state index in [0.29, 0.717) is 23.5 Å². The van der Waals surface area contributed by atoms with E-state index < -0.39 is 15.1 Å². The van der Waals surface area contributed by atoms with Crippen LogP contribution >= 0.6 is 0 Å². The van der Waals surface area contributed by atoms with E-state index in [1.807, 2.05) is 50.2 Å². The average Bonchev–Trinajstić information content (AvgIpc) is 3.47. The zero-order chi connectivity index (χ0) is 21.6. The molecule has 0 unspecified atom stereocenters. The Hall–Kier alpha value is -2.67. The summed E-state index contributed by atoms with van der Waals surface area (Å²) in [5.74, 6) is 0.128. The van der Waals surface area contributed by atoms with E-state index in [2.05, 4.69) is 5.32 Å². The summed E-state index contributed by atoms with van der Waals surface area (Å²) in [6.07, 6.45) is 3.88. The van der Waals surface area contributed by atoms with Gasteiger partial charge in [-0.15, -0.1) is 0 Å². The molecule has 7 heteroatoms. The fourth-order valence-electron chi connectivity index (χ4n) is 4.16. The number of hydrogen-bond acceptors (Lipinski definition) is 4. The van der Waals surface area contributed by atoms with Gasteiger partial charge >= 0.3 is 0 Å². The van der Waals surface area contributed by atoms with Crippen LogP contribution < -0.4 is 5.32 Å². The summed E-state index contributed by atoms with van der Waals surface area (Å²) < 4.78 is 26.6. The highest BCUT2D eigenvalue weighted by atomic mass is 32.2. The molecule has 1 amide bonds. The van der Waals surface area contributed by atoms with Crippen molar-refractivity contribution in [3.8, 4) is 5.69 Å². The number of hydrogen-bond donors (Lipinski definition) is 1. The lowest BCUT2D eigenvalue weighted by Crippen LogP contribution is -2.22. The average molecular weight is 426 g/mol. The lowest BCUT2D eigenvalue weighted by Gasteiger charge is -2.18. The fourth-order valence-corrected chi connectivity index (χ4v) is 5.43. The standard InChI is InChI=1S/C23H27N3O3S/c1-5-21(30(4,28)29)18-13-20-19(12-17(18)15-8-9-15)22(23(27)24-3)26(25-20)16-10-6-14(2)7-11-16/h6-7,10-13,15,21H,5,8-9H2,1-4H3,(H,24,27)/t21-/m1/s1. The summed E-state index contributed by atoms with van der Waals surface area (Å²) in [6.45, 7) is 3.90. The molecule has 3 aromatic rings. The number of rotatable bonds is 6. The number of nitrogens with one attached hydrogen (secondary N) is 1. The van der Waals surface area contributed by atoms with Crippen LogP contribution in [0.3, 0.4) is 0 Å². The van der Waals surface area contributed by atoms with Gasteiger partial charge in [0.2, 0.25) is 0 Å². The van der Waals surface area contributed by atoms with E-state index in [1.54, 1.807) is 11.7 Å². The molecule has 0 bridgehead atoms. The third-order valence-corrected chi connectivity index (χ3v) is 7.47. The topological polar surface area (TPSA) is 81.1 Å². The lowest BCUT2D eigenvalue weighted by atomic mass is 9.96. The molecule has 0 saturated heterocycles. The van der Waals surface area contributed by atoms with Crippen LogP contribution in [0.1, 0.15) is 64.5 Å². The van der Waals surface area contributed by atoms with Crippen LogP contribution in [0.25, 0.3) is 16.6 Å². The van der Waals surface area contributed by atoms with Crippen LogP contribution in [0.2, 0.25) is 0 Å². The summed E-state index contributed by atoms with van der Waals surface area (Å²) >= 11 is 0. The summed E-state index contributed by atoms with van der Waals surface area (Å²) in [7, 11) is -1.66. The van der Waals surface area contributed by atoms with Crippen LogP contribution in [0.15, 0.2) is 36.4 Å². The van der Waals surface area contributed by atoms with Gasteiger partial charge in [0.1, 0.15) is 5.69 Å². The van der Waals surface area contributed by atoms with Crippen molar-refractivity contribution >= 4 is 26.6 Å². The van der Waals surface area contributed by atoms with Crippen molar-refractivity contribution in [2.24, 2.45) is 0 Å². The van der Waals surface area contributed by atoms with Gasteiger partial charge in [0.15, 0.2) is 9.84 Å². The molecule has 1 saturated carbocycles. The first-order chi connectivity index (χ1) is 14.2. The zero-order valence-electron chi connectivity index (χ0n) is 17.8. The first-order valence-corrected chi connectivity index (χ1v) is 12.2. The Bertz CT molecular complexity index is 1220. The highest BCUT2D eigenvalue weighted by Crippen LogP contribution is 2.46. The molecule has 1 aliphatic carbocycles. The lowest BCUT2D eigenvalue weighted by molar-refractivity contribution is 0.0957. The highest BCUT2D eigenvalue weighted by molar-refractivity contribution is 7.90. The summed E-state index contributed by atoms with van der Waals surface area (Å²) in [4.78, 5) is 12.8. The van der Waals surface area contributed by atoms with Crippen molar-refractivity contribution in [2.45, 2.75) is 44.3 Å². The largest absolute Gasteiger partial charge is 0.354 e. The predicted octanol–water partition coefficient (Wildman–Crippen LogP) is 4.07. The Kier molecular flexibility index (Phi) is 5.18. The molecule has 2 aromatic carbocycles. The van der Waals surface area contributed by atoms with Crippen LogP contribution in [-0.4, -0.2) is 37.4 Å². The van der Waals surface area contributed by atoms with Gasteiger partial charge in [-0.05, 0) is 67.5 Å². The van der Waals surface area contributed by atoms with Crippen molar-refractivity contribution in [3.63, 3.8) is 0 Å². The Morgan fingerprint density at radius 1 is 1.23 bits per heavy atom. The Balaban J connectivity index is 2.01. The fraction of sp³-hybridized carbons (Fsp3) is 0.391. The number of carbonyl (C=O) groups is 1. The van der Waals surface area contributed by atoms with E-state index in [4.69, 9.17) is 5.10 Å². The third kappa shape index (κ3) is 3.62. The molecule has 0 aliphatic heterocycles. The Morgan fingerprint density at radius 2 is 1.90 bits per heavy atom. The quantitative estimate of drug-likeness (QED) is 0.646. The molecule has 1 heterocycles. The van der Waals surface area contributed by atoms with Crippen LogP contribution in [0.5, 0.6) is 0 Å². The number of fused-ring (bicyclic) bond motifs is 1. The molecule has 1 atom stereocenters. The monoisotopic (exact) mass is 425 g/mol. The second kappa shape index (κ2) is 7.54. The van der Waals surface area contributed by atoms with Crippen molar-refractivity contribution in [3.05, 3.63) is 58.8 Å². The highest BCUT2D eigenvalue weighted by Gasteiger charge is 2.33. The summed E-state index contributed by atoms with van der Waals surface area (Å²) in [6, 6.07) is 11.7. The Morgan fingerprint density at radius 3 is 2.43 bits per heavy atom. The molecule has 1 aromatic heterocycles. The second-order valence-electron chi connectivity index (χ2n) is 8.17. The number of sulfone groups is 1. The second-order valence-corrected chi connectivity index (χ2v) is 10.4. The molecule has 0 spiro atoms. The summed E-state index contributed by atoms with van der Waals surface area (Å²) in [5.41, 5.74) is 4.88. The first kappa shape index (κ1) is 20.6. The minimum Gasteiger partial charge on any atom is -0.354 e. The molecule has 158 valence electrons. The number of aryl methyl sites for hydroxylation is 1. The van der Waals surface area contributed by atoms with Crippen molar-refractivity contribution in [1.29, 1.82) is 0 Å². The SMILES string of the molecule is CC[C@H](c1cc2nn(-c3ccc(C)cc3)c(C(=O)NC)c2cc1C1CC1)S(C)(=O)=O. The van der Waals surface area contributed by atoms with Gasteiger partial charge in [0.05, 0.1) is 16.5 Å². The van der Waals surface area contributed by atoms with Gasteiger partial charge in [-0.25, -0.2) is 13.1 Å².